The number of anilines is 1. The van der Waals surface area contributed by atoms with Gasteiger partial charge in [0.15, 0.2) is 0 Å². The Bertz CT molecular complexity index is 876. The molecule has 0 N–H and O–H groups in total. The van der Waals surface area contributed by atoms with E-state index in [1.54, 1.807) is 31.2 Å². The third kappa shape index (κ3) is 3.98. The zero-order valence-electron chi connectivity index (χ0n) is 14.4. The summed E-state index contributed by atoms with van der Waals surface area (Å²) in [7, 11) is 3.41. The maximum Gasteiger partial charge on any atom is 0.258 e. The van der Waals surface area contributed by atoms with E-state index in [-0.39, 0.29) is 5.91 Å². The van der Waals surface area contributed by atoms with Crippen LogP contribution in [0.5, 0.6) is 5.75 Å². The molecule has 3 aromatic carbocycles. The van der Waals surface area contributed by atoms with Crippen LogP contribution in [-0.4, -0.2) is 33.3 Å². The number of carbonyl (C=O) groups is 1. The van der Waals surface area contributed by atoms with Crippen molar-refractivity contribution in [1.82, 2.24) is 0 Å². The minimum atomic E-state index is -0.0764. The van der Waals surface area contributed by atoms with Gasteiger partial charge in [-0.25, -0.2) is 0 Å². The van der Waals surface area contributed by atoms with Crippen molar-refractivity contribution < 1.29 is 14.3 Å². The number of carbonyl (C=O) groups excluding carboxylic acids is 1. The first kappa shape index (κ1) is 17.0. The predicted molar refractivity (Wildman–Crippen MR) is 100 cm³/mol. The number of benzene rings is 3. The van der Waals surface area contributed by atoms with E-state index in [2.05, 4.69) is 6.07 Å². The van der Waals surface area contributed by atoms with E-state index in [1.165, 1.54) is 0 Å². The molecule has 0 radical (unpaired) electrons. The summed E-state index contributed by atoms with van der Waals surface area (Å²) in [5.74, 6) is 0.585. The molecule has 0 bridgehead atoms. The Hall–Kier alpha value is -2.85. The fraction of sp³-hybridized carbons (Fsp3) is 0.190. The topological polar surface area (TPSA) is 38.8 Å². The monoisotopic (exact) mass is 335 g/mol. The summed E-state index contributed by atoms with van der Waals surface area (Å²) in [5, 5.41) is 2.26. The third-order valence-electron chi connectivity index (χ3n) is 4.06. The van der Waals surface area contributed by atoms with Crippen molar-refractivity contribution in [3.63, 3.8) is 0 Å². The lowest BCUT2D eigenvalue weighted by molar-refractivity contribution is 0.0992. The van der Waals surface area contributed by atoms with Crippen molar-refractivity contribution in [3.05, 3.63) is 72.3 Å². The van der Waals surface area contributed by atoms with Crippen LogP contribution in [0.15, 0.2) is 66.7 Å². The van der Waals surface area contributed by atoms with Crippen molar-refractivity contribution in [3.8, 4) is 5.75 Å². The highest BCUT2D eigenvalue weighted by atomic mass is 16.5. The molecule has 0 unspecified atom stereocenters. The van der Waals surface area contributed by atoms with Crippen molar-refractivity contribution >= 4 is 22.4 Å². The van der Waals surface area contributed by atoms with E-state index in [4.69, 9.17) is 9.47 Å². The minimum Gasteiger partial charge on any atom is -0.491 e. The first-order valence-corrected chi connectivity index (χ1v) is 8.18. The summed E-state index contributed by atoms with van der Waals surface area (Å²) >= 11 is 0. The van der Waals surface area contributed by atoms with Crippen LogP contribution in [0.1, 0.15) is 10.4 Å². The number of hydrogen-bond donors (Lipinski definition) is 0. The van der Waals surface area contributed by atoms with Gasteiger partial charge in [0.1, 0.15) is 12.4 Å². The maximum atomic E-state index is 12.8. The van der Waals surface area contributed by atoms with Gasteiger partial charge >= 0.3 is 0 Å². The molecule has 0 fully saturated rings. The van der Waals surface area contributed by atoms with Gasteiger partial charge in [0.2, 0.25) is 0 Å². The Morgan fingerprint density at radius 2 is 1.72 bits per heavy atom. The molecule has 0 aliphatic carbocycles. The van der Waals surface area contributed by atoms with Crippen LogP contribution in [0.25, 0.3) is 10.8 Å². The van der Waals surface area contributed by atoms with Gasteiger partial charge in [-0.2, -0.15) is 0 Å². The zero-order valence-corrected chi connectivity index (χ0v) is 14.4. The van der Waals surface area contributed by atoms with E-state index >= 15 is 0 Å². The second kappa shape index (κ2) is 7.81. The summed E-state index contributed by atoms with van der Waals surface area (Å²) in [6.45, 7) is 0.962. The van der Waals surface area contributed by atoms with Gasteiger partial charge in [0.25, 0.3) is 5.91 Å². The number of amides is 1. The molecule has 0 aromatic heterocycles. The molecule has 3 aromatic rings. The van der Waals surface area contributed by atoms with E-state index < -0.39 is 0 Å². The maximum absolute atomic E-state index is 12.8. The van der Waals surface area contributed by atoms with Crippen LogP contribution in [0, 0.1) is 0 Å². The normalized spacial score (nSPS) is 10.6. The summed E-state index contributed by atoms with van der Waals surface area (Å²) in [6, 6.07) is 21.3. The van der Waals surface area contributed by atoms with Gasteiger partial charge in [-0.15, -0.1) is 0 Å². The predicted octanol–water partition coefficient (Wildman–Crippen LogP) is 4.14. The number of methoxy groups -OCH3 is 1. The number of hydrogen-bond acceptors (Lipinski definition) is 3. The molecule has 0 saturated heterocycles. The fourth-order valence-electron chi connectivity index (χ4n) is 2.66. The number of fused-ring (bicyclic) bond motifs is 1. The first-order chi connectivity index (χ1) is 12.2. The highest BCUT2D eigenvalue weighted by Crippen LogP contribution is 2.23. The molecule has 128 valence electrons. The summed E-state index contributed by atoms with van der Waals surface area (Å²) in [5.41, 5.74) is 1.44. The molecule has 3 rings (SSSR count). The number of nitrogens with zero attached hydrogens (tertiary/aromatic N) is 1. The molecule has 1 amide bonds. The summed E-state index contributed by atoms with van der Waals surface area (Å²) < 4.78 is 10.6. The fourth-order valence-corrected chi connectivity index (χ4v) is 2.66. The van der Waals surface area contributed by atoms with Gasteiger partial charge in [0.05, 0.1) is 6.61 Å². The molecular weight excluding hydrogens is 314 g/mol. The Labute approximate surface area is 147 Å². The molecule has 4 nitrogen and oxygen atoms in total. The molecule has 25 heavy (non-hydrogen) atoms. The molecule has 0 spiro atoms. The van der Waals surface area contributed by atoms with Crippen LogP contribution >= 0.6 is 0 Å². The summed E-state index contributed by atoms with van der Waals surface area (Å²) in [4.78, 5) is 14.5. The first-order valence-electron chi connectivity index (χ1n) is 8.18. The van der Waals surface area contributed by atoms with Gasteiger partial charge in [0, 0.05) is 25.4 Å². The Morgan fingerprint density at radius 1 is 0.920 bits per heavy atom. The van der Waals surface area contributed by atoms with E-state index in [0.29, 0.717) is 24.5 Å². The lowest BCUT2D eigenvalue weighted by atomic mass is 10.1. The molecule has 0 aliphatic heterocycles. The summed E-state index contributed by atoms with van der Waals surface area (Å²) in [6.07, 6.45) is 0. The van der Waals surface area contributed by atoms with Crippen LogP contribution in [0.4, 0.5) is 5.69 Å². The second-order valence-corrected chi connectivity index (χ2v) is 5.76. The molecular formula is C21H21NO3. The van der Waals surface area contributed by atoms with Crippen molar-refractivity contribution in [2.24, 2.45) is 0 Å². The quantitative estimate of drug-likeness (QED) is 0.636. The molecule has 0 atom stereocenters. The van der Waals surface area contributed by atoms with Gasteiger partial charge in [-0.05, 0) is 41.1 Å². The largest absolute Gasteiger partial charge is 0.491 e. The van der Waals surface area contributed by atoms with E-state index in [9.17, 15) is 4.79 Å². The average Bonchev–Trinajstić information content (AvgIpc) is 2.67. The van der Waals surface area contributed by atoms with E-state index in [1.807, 2.05) is 48.5 Å². The molecule has 0 saturated carbocycles. The van der Waals surface area contributed by atoms with Crippen LogP contribution < -0.4 is 9.64 Å². The van der Waals surface area contributed by atoms with E-state index in [0.717, 1.165) is 16.5 Å². The van der Waals surface area contributed by atoms with Crippen LogP contribution in [0.3, 0.4) is 0 Å². The van der Waals surface area contributed by atoms with Crippen LogP contribution in [-0.2, 0) is 4.74 Å². The lowest BCUT2D eigenvalue weighted by Gasteiger charge is -2.18. The minimum absolute atomic E-state index is 0.0764. The number of ether oxygens (including phenoxy) is 2. The smallest absolute Gasteiger partial charge is 0.258 e. The highest BCUT2D eigenvalue weighted by Gasteiger charge is 2.14. The Kier molecular flexibility index (Phi) is 5.31. The van der Waals surface area contributed by atoms with Gasteiger partial charge in [-0.1, -0.05) is 36.4 Å². The zero-order chi connectivity index (χ0) is 17.6. The SMILES string of the molecule is COCCOc1cccc(C(=O)N(C)c2ccc3ccccc3c2)c1. The van der Waals surface area contributed by atoms with Gasteiger partial charge < -0.3 is 14.4 Å². The lowest BCUT2D eigenvalue weighted by Crippen LogP contribution is -2.26. The standard InChI is InChI=1S/C21H21NO3/c1-22(19-11-10-16-6-3-4-7-17(16)14-19)21(23)18-8-5-9-20(15-18)25-13-12-24-2/h3-11,14-15H,12-13H2,1-2H3. The van der Waals surface area contributed by atoms with Crippen molar-refractivity contribution in [1.29, 1.82) is 0 Å². The van der Waals surface area contributed by atoms with Crippen molar-refractivity contribution in [2.75, 3.05) is 32.3 Å². The molecule has 4 heteroatoms. The van der Waals surface area contributed by atoms with Crippen LogP contribution in [0.2, 0.25) is 0 Å². The van der Waals surface area contributed by atoms with Crippen molar-refractivity contribution in [2.45, 2.75) is 0 Å². The number of rotatable bonds is 6. The van der Waals surface area contributed by atoms with Gasteiger partial charge in [-0.3, -0.25) is 4.79 Å². The molecule has 0 heterocycles. The second-order valence-electron chi connectivity index (χ2n) is 5.76. The Morgan fingerprint density at radius 3 is 2.52 bits per heavy atom. The third-order valence-corrected chi connectivity index (χ3v) is 4.06. The average molecular weight is 335 g/mol. The highest BCUT2D eigenvalue weighted by molar-refractivity contribution is 6.06. The Balaban J connectivity index is 1.80. The molecule has 0 aliphatic rings.